The molecule has 2 rings (SSSR count). The lowest BCUT2D eigenvalue weighted by atomic mass is 10.2. The largest absolute Gasteiger partial charge is 0.478 e. The fourth-order valence-electron chi connectivity index (χ4n) is 1.51. The van der Waals surface area contributed by atoms with Gasteiger partial charge >= 0.3 is 12.0 Å². The number of nitrogens with one attached hydrogen (secondary N) is 2. The van der Waals surface area contributed by atoms with Gasteiger partial charge in [-0.1, -0.05) is 6.07 Å². The van der Waals surface area contributed by atoms with Gasteiger partial charge in [-0.2, -0.15) is 0 Å². The van der Waals surface area contributed by atoms with E-state index in [9.17, 15) is 9.59 Å². The van der Waals surface area contributed by atoms with E-state index < -0.39 is 12.0 Å². The zero-order valence-corrected chi connectivity index (χ0v) is 13.4. The third-order valence-electron chi connectivity index (χ3n) is 2.55. The van der Waals surface area contributed by atoms with E-state index in [2.05, 4.69) is 33.2 Å². The number of hydrogen-bond acceptors (Lipinski definition) is 3. The third-order valence-corrected chi connectivity index (χ3v) is 4.54. The fraction of sp³-hybridized carbons (Fsp3) is 0.0769. The van der Waals surface area contributed by atoms with Crippen molar-refractivity contribution in [2.75, 3.05) is 10.6 Å². The molecule has 0 saturated carbocycles. The number of halogens is 1. The molecule has 7 heteroatoms. The molecular weight excluding hydrogens is 391 g/mol. The van der Waals surface area contributed by atoms with Crippen LogP contribution in [-0.2, 0) is 0 Å². The van der Waals surface area contributed by atoms with Crippen LogP contribution in [0.2, 0.25) is 0 Å². The van der Waals surface area contributed by atoms with Gasteiger partial charge in [-0.15, -0.1) is 11.3 Å². The molecular formula is C13H11IN2O3S. The molecule has 0 fully saturated rings. The van der Waals surface area contributed by atoms with Crippen molar-refractivity contribution >= 4 is 56.6 Å². The maximum absolute atomic E-state index is 11.8. The van der Waals surface area contributed by atoms with E-state index in [0.717, 1.165) is 9.13 Å². The number of hydrogen-bond donors (Lipinski definition) is 3. The van der Waals surface area contributed by atoms with Gasteiger partial charge in [0.05, 0.1) is 5.56 Å². The summed E-state index contributed by atoms with van der Waals surface area (Å²) >= 11 is 3.35. The zero-order chi connectivity index (χ0) is 14.7. The molecule has 104 valence electrons. The van der Waals surface area contributed by atoms with Crippen LogP contribution in [0.1, 0.15) is 15.9 Å². The van der Waals surface area contributed by atoms with Crippen LogP contribution in [0.5, 0.6) is 0 Å². The summed E-state index contributed by atoms with van der Waals surface area (Å²) < 4.78 is 1.04. The number of rotatable bonds is 3. The van der Waals surface area contributed by atoms with E-state index in [1.165, 1.54) is 17.4 Å². The number of amides is 2. The summed E-state index contributed by atoms with van der Waals surface area (Å²) in [4.78, 5) is 22.8. The van der Waals surface area contributed by atoms with E-state index in [1.807, 2.05) is 19.1 Å². The first-order valence-corrected chi connectivity index (χ1v) is 7.58. The quantitative estimate of drug-likeness (QED) is 0.680. The van der Waals surface area contributed by atoms with Gasteiger partial charge in [0.15, 0.2) is 0 Å². The van der Waals surface area contributed by atoms with Crippen LogP contribution in [0.3, 0.4) is 0 Å². The Labute approximate surface area is 133 Å². The Bertz CT molecular complexity index is 669. The molecule has 1 aromatic carbocycles. The van der Waals surface area contributed by atoms with Gasteiger partial charge in [0.1, 0.15) is 5.00 Å². The summed E-state index contributed by atoms with van der Waals surface area (Å²) in [5, 5.41) is 16.1. The normalized spacial score (nSPS) is 10.1. The molecule has 0 atom stereocenters. The fourth-order valence-corrected chi connectivity index (χ4v) is 2.80. The zero-order valence-electron chi connectivity index (χ0n) is 10.4. The number of anilines is 2. The lowest BCUT2D eigenvalue weighted by Crippen LogP contribution is -2.20. The predicted molar refractivity (Wildman–Crippen MR) is 87.8 cm³/mol. The minimum absolute atomic E-state index is 0.0867. The number of benzene rings is 1. The number of aromatic carboxylic acids is 1. The van der Waals surface area contributed by atoms with Crippen LogP contribution in [-0.4, -0.2) is 17.1 Å². The Balaban J connectivity index is 2.07. The first-order valence-electron chi connectivity index (χ1n) is 5.62. The molecule has 0 aliphatic heterocycles. The number of carbonyl (C=O) groups is 2. The van der Waals surface area contributed by atoms with Crippen LogP contribution in [0.4, 0.5) is 15.5 Å². The first-order chi connectivity index (χ1) is 9.47. The molecule has 0 aliphatic carbocycles. The summed E-state index contributed by atoms with van der Waals surface area (Å²) in [6, 6.07) is 6.54. The Morgan fingerprint density at radius 1 is 1.25 bits per heavy atom. The highest BCUT2D eigenvalue weighted by molar-refractivity contribution is 14.1. The van der Waals surface area contributed by atoms with E-state index in [1.54, 1.807) is 11.4 Å². The van der Waals surface area contributed by atoms with E-state index in [0.29, 0.717) is 10.7 Å². The van der Waals surface area contributed by atoms with Crippen LogP contribution >= 0.6 is 33.9 Å². The Kier molecular flexibility index (Phi) is 4.61. The van der Waals surface area contributed by atoms with Gasteiger partial charge in [-0.25, -0.2) is 9.59 Å². The van der Waals surface area contributed by atoms with Crippen molar-refractivity contribution in [2.24, 2.45) is 0 Å². The molecule has 0 aliphatic rings. The number of aryl methyl sites for hydroxylation is 1. The predicted octanol–water partition coefficient (Wildman–Crippen LogP) is 4.00. The summed E-state index contributed by atoms with van der Waals surface area (Å²) in [6.45, 7) is 1.98. The van der Waals surface area contributed by atoms with Gasteiger partial charge in [-0.3, -0.25) is 5.32 Å². The maximum atomic E-state index is 11.8. The van der Waals surface area contributed by atoms with Crippen molar-refractivity contribution in [3.8, 4) is 0 Å². The van der Waals surface area contributed by atoms with Gasteiger partial charge in [0.2, 0.25) is 0 Å². The second-order valence-corrected chi connectivity index (χ2v) is 6.09. The minimum Gasteiger partial charge on any atom is -0.478 e. The maximum Gasteiger partial charge on any atom is 0.338 e. The highest BCUT2D eigenvalue weighted by Crippen LogP contribution is 2.23. The summed E-state index contributed by atoms with van der Waals surface area (Å²) in [5.74, 6) is -1.06. The van der Waals surface area contributed by atoms with Gasteiger partial charge < -0.3 is 10.4 Å². The molecule has 0 unspecified atom stereocenters. The van der Waals surface area contributed by atoms with Crippen molar-refractivity contribution in [3.63, 3.8) is 0 Å². The average Bonchev–Trinajstić information content (AvgIpc) is 2.82. The number of urea groups is 1. The van der Waals surface area contributed by atoms with E-state index in [4.69, 9.17) is 5.11 Å². The smallest absolute Gasteiger partial charge is 0.338 e. The molecule has 5 nitrogen and oxygen atoms in total. The molecule has 1 aromatic heterocycles. The van der Waals surface area contributed by atoms with Gasteiger partial charge in [0.25, 0.3) is 0 Å². The van der Waals surface area contributed by atoms with Crippen molar-refractivity contribution in [1.29, 1.82) is 0 Å². The molecule has 2 aromatic rings. The average molecular weight is 402 g/mol. The molecule has 0 spiro atoms. The summed E-state index contributed by atoms with van der Waals surface area (Å²) in [6.07, 6.45) is 0. The highest BCUT2D eigenvalue weighted by Gasteiger charge is 2.13. The topological polar surface area (TPSA) is 78.4 Å². The number of carboxylic acid groups (broad SMARTS) is 1. The number of carboxylic acids is 1. The molecule has 1 heterocycles. The lowest BCUT2D eigenvalue weighted by Gasteiger charge is -2.08. The molecule has 0 radical (unpaired) electrons. The number of carbonyl (C=O) groups excluding carboxylic acids is 1. The monoisotopic (exact) mass is 402 g/mol. The molecule has 3 N–H and O–H groups in total. The van der Waals surface area contributed by atoms with Crippen LogP contribution in [0, 0.1) is 10.5 Å². The van der Waals surface area contributed by atoms with E-state index in [-0.39, 0.29) is 5.56 Å². The SMILES string of the molecule is Cc1ccc(NC(=O)Nc2sccc2C(=O)O)cc1I. The lowest BCUT2D eigenvalue weighted by molar-refractivity contribution is 0.0698. The van der Waals surface area contributed by atoms with Gasteiger partial charge in [-0.05, 0) is 58.7 Å². The molecule has 20 heavy (non-hydrogen) atoms. The van der Waals surface area contributed by atoms with Gasteiger partial charge in [0, 0.05) is 9.26 Å². The first kappa shape index (κ1) is 14.8. The van der Waals surface area contributed by atoms with Crippen molar-refractivity contribution < 1.29 is 14.7 Å². The van der Waals surface area contributed by atoms with Crippen LogP contribution < -0.4 is 10.6 Å². The van der Waals surface area contributed by atoms with Crippen LogP contribution in [0.15, 0.2) is 29.6 Å². The van der Waals surface area contributed by atoms with Crippen molar-refractivity contribution in [3.05, 3.63) is 44.3 Å². The second-order valence-electron chi connectivity index (χ2n) is 4.01. The Morgan fingerprint density at radius 3 is 2.65 bits per heavy atom. The van der Waals surface area contributed by atoms with Crippen molar-refractivity contribution in [2.45, 2.75) is 6.92 Å². The Hall–Kier alpha value is -1.61. The Morgan fingerprint density at radius 2 is 2.00 bits per heavy atom. The molecule has 0 bridgehead atoms. The summed E-state index contributed by atoms with van der Waals surface area (Å²) in [7, 11) is 0. The minimum atomic E-state index is -1.06. The molecule has 0 saturated heterocycles. The standard InChI is InChI=1S/C13H11IN2O3S/c1-7-2-3-8(6-10(7)14)15-13(19)16-11-9(12(17)18)4-5-20-11/h2-6H,1H3,(H,17,18)(H2,15,16,19). The third kappa shape index (κ3) is 3.48. The van der Waals surface area contributed by atoms with E-state index >= 15 is 0 Å². The van der Waals surface area contributed by atoms with Crippen LogP contribution in [0.25, 0.3) is 0 Å². The second kappa shape index (κ2) is 6.23. The van der Waals surface area contributed by atoms with Crippen molar-refractivity contribution in [1.82, 2.24) is 0 Å². The summed E-state index contributed by atoms with van der Waals surface area (Å²) in [5.41, 5.74) is 1.87. The highest BCUT2D eigenvalue weighted by atomic mass is 127. The number of thiophene rings is 1. The molecule has 2 amide bonds.